The summed E-state index contributed by atoms with van der Waals surface area (Å²) in [6.45, 7) is 2.45. The van der Waals surface area contributed by atoms with Gasteiger partial charge in [0.05, 0.1) is 17.9 Å². The van der Waals surface area contributed by atoms with Crippen LogP contribution in [0.1, 0.15) is 29.3 Å². The summed E-state index contributed by atoms with van der Waals surface area (Å²) in [6, 6.07) is 13.5. The van der Waals surface area contributed by atoms with Crippen molar-refractivity contribution in [2.45, 2.75) is 23.4 Å². The molecule has 3 aromatic rings. The number of hydrogen-bond donors (Lipinski definition) is 1. The molecular weight excluding hydrogens is 434 g/mol. The fourth-order valence-electron chi connectivity index (χ4n) is 2.42. The molecule has 1 aromatic heterocycles. The van der Waals surface area contributed by atoms with E-state index in [9.17, 15) is 13.2 Å². The van der Waals surface area contributed by atoms with Crippen LogP contribution in [0, 0.1) is 0 Å². The smallest absolute Gasteiger partial charge is 0.261 e. The highest BCUT2D eigenvalue weighted by Crippen LogP contribution is 2.27. The molecule has 0 aliphatic rings. The van der Waals surface area contributed by atoms with Gasteiger partial charge in [-0.3, -0.25) is 10.1 Å². The molecule has 0 fully saturated rings. The zero-order chi connectivity index (χ0) is 20.9. The van der Waals surface area contributed by atoms with Crippen molar-refractivity contribution in [3.63, 3.8) is 0 Å². The van der Waals surface area contributed by atoms with Crippen LogP contribution in [0.3, 0.4) is 0 Å². The molecule has 1 N–H and O–H groups in total. The third kappa shape index (κ3) is 5.31. The summed E-state index contributed by atoms with van der Waals surface area (Å²) in [5.74, 6) is -0.311. The van der Waals surface area contributed by atoms with E-state index in [1.807, 2.05) is 6.92 Å². The maximum absolute atomic E-state index is 12.6. The van der Waals surface area contributed by atoms with E-state index in [2.05, 4.69) is 15.5 Å². The summed E-state index contributed by atoms with van der Waals surface area (Å²) in [6.07, 6.45) is 0.805. The SMILES string of the molecule is CCCOc1ccccc1C(=O)Nc1nnc(S(=O)(=O)Cc2ccccc2Cl)s1. The molecule has 0 aliphatic heterocycles. The number of ether oxygens (including phenoxy) is 1. The van der Waals surface area contributed by atoms with E-state index in [1.165, 1.54) is 0 Å². The average Bonchev–Trinajstić information content (AvgIpc) is 3.18. The molecule has 152 valence electrons. The Bertz CT molecular complexity index is 1120. The van der Waals surface area contributed by atoms with Gasteiger partial charge in [0.2, 0.25) is 19.3 Å². The van der Waals surface area contributed by atoms with Gasteiger partial charge in [0.25, 0.3) is 5.91 Å². The molecule has 0 unspecified atom stereocenters. The molecule has 1 amide bonds. The number of halogens is 1. The molecule has 0 bridgehead atoms. The van der Waals surface area contributed by atoms with Gasteiger partial charge in [-0.15, -0.1) is 10.2 Å². The van der Waals surface area contributed by atoms with Crippen LogP contribution in [-0.2, 0) is 15.6 Å². The van der Waals surface area contributed by atoms with Gasteiger partial charge >= 0.3 is 0 Å². The molecule has 10 heteroatoms. The Morgan fingerprint density at radius 3 is 2.62 bits per heavy atom. The number of nitrogens with zero attached hydrogens (tertiary/aromatic N) is 2. The Morgan fingerprint density at radius 2 is 1.86 bits per heavy atom. The van der Waals surface area contributed by atoms with Crippen molar-refractivity contribution in [3.05, 3.63) is 64.7 Å². The highest BCUT2D eigenvalue weighted by molar-refractivity contribution is 7.92. The van der Waals surface area contributed by atoms with Crippen molar-refractivity contribution in [1.29, 1.82) is 0 Å². The predicted octanol–water partition coefficient (Wildman–Crippen LogP) is 4.21. The summed E-state index contributed by atoms with van der Waals surface area (Å²) in [4.78, 5) is 12.6. The first-order chi connectivity index (χ1) is 13.9. The highest BCUT2D eigenvalue weighted by atomic mass is 35.5. The number of amides is 1. The standard InChI is InChI=1S/C19H18ClN3O4S2/c1-2-11-27-16-10-6-4-8-14(16)17(24)21-18-22-23-19(28-18)29(25,26)12-13-7-3-5-9-15(13)20/h3-10H,2,11-12H2,1H3,(H,21,22,24). The van der Waals surface area contributed by atoms with Crippen molar-refractivity contribution >= 4 is 43.8 Å². The molecule has 0 spiro atoms. The summed E-state index contributed by atoms with van der Waals surface area (Å²) in [5, 5.41) is 10.5. The first-order valence-electron chi connectivity index (χ1n) is 8.73. The van der Waals surface area contributed by atoms with Crippen molar-refractivity contribution in [1.82, 2.24) is 10.2 Å². The van der Waals surface area contributed by atoms with Gasteiger partial charge in [-0.1, -0.05) is 60.2 Å². The third-order valence-corrected chi connectivity index (χ3v) is 7.11. The zero-order valence-electron chi connectivity index (χ0n) is 15.5. The molecule has 2 aromatic carbocycles. The van der Waals surface area contributed by atoms with Crippen LogP contribution in [0.15, 0.2) is 52.9 Å². The highest BCUT2D eigenvalue weighted by Gasteiger charge is 2.23. The fourth-order valence-corrected chi connectivity index (χ4v) is 5.05. The maximum atomic E-state index is 12.6. The Kier molecular flexibility index (Phi) is 6.83. The third-order valence-electron chi connectivity index (χ3n) is 3.79. The lowest BCUT2D eigenvalue weighted by molar-refractivity contribution is 0.102. The van der Waals surface area contributed by atoms with Crippen LogP contribution in [0.5, 0.6) is 5.75 Å². The lowest BCUT2D eigenvalue weighted by Gasteiger charge is -2.09. The molecule has 0 atom stereocenters. The number of anilines is 1. The Labute approximate surface area is 177 Å². The molecule has 0 saturated carbocycles. The van der Waals surface area contributed by atoms with Gasteiger partial charge in [0.1, 0.15) is 5.75 Å². The number of aromatic nitrogens is 2. The number of carbonyl (C=O) groups is 1. The molecule has 3 rings (SSSR count). The number of sulfone groups is 1. The van der Waals surface area contributed by atoms with Crippen molar-refractivity contribution in [3.8, 4) is 5.75 Å². The molecule has 0 aliphatic carbocycles. The topological polar surface area (TPSA) is 98.2 Å². The maximum Gasteiger partial charge on any atom is 0.261 e. The first-order valence-corrected chi connectivity index (χ1v) is 11.6. The molecular formula is C19H18ClN3O4S2. The molecule has 0 radical (unpaired) electrons. The normalized spacial score (nSPS) is 11.2. The van der Waals surface area contributed by atoms with Crippen LogP contribution in [-0.4, -0.2) is 31.1 Å². The van der Waals surface area contributed by atoms with Gasteiger partial charge in [-0.2, -0.15) is 0 Å². The molecule has 0 saturated heterocycles. The first kappa shape index (κ1) is 21.2. The van der Waals surface area contributed by atoms with Gasteiger partial charge in [-0.25, -0.2) is 8.42 Å². The predicted molar refractivity (Wildman–Crippen MR) is 112 cm³/mol. The minimum Gasteiger partial charge on any atom is -0.493 e. The lowest BCUT2D eigenvalue weighted by atomic mass is 10.2. The van der Waals surface area contributed by atoms with Gasteiger partial charge in [0.15, 0.2) is 0 Å². The van der Waals surface area contributed by atoms with Crippen molar-refractivity contribution in [2.24, 2.45) is 0 Å². The zero-order valence-corrected chi connectivity index (χ0v) is 17.9. The van der Waals surface area contributed by atoms with Gasteiger partial charge in [-0.05, 0) is 30.2 Å². The summed E-state index contributed by atoms with van der Waals surface area (Å²) < 4.78 is 30.6. The number of carbonyl (C=O) groups excluding carboxylic acids is 1. The number of benzene rings is 2. The van der Waals surface area contributed by atoms with E-state index in [1.54, 1.807) is 48.5 Å². The minimum atomic E-state index is -3.75. The van der Waals surface area contributed by atoms with E-state index in [4.69, 9.17) is 16.3 Å². The summed E-state index contributed by atoms with van der Waals surface area (Å²) in [7, 11) is -3.75. The van der Waals surface area contributed by atoms with Gasteiger partial charge < -0.3 is 4.74 Å². The summed E-state index contributed by atoms with van der Waals surface area (Å²) in [5.41, 5.74) is 0.800. The Hall–Kier alpha value is -2.49. The monoisotopic (exact) mass is 451 g/mol. The molecule has 7 nitrogen and oxygen atoms in total. The fraction of sp³-hybridized carbons (Fsp3) is 0.211. The minimum absolute atomic E-state index is 0.0815. The van der Waals surface area contributed by atoms with Gasteiger partial charge in [0, 0.05) is 5.02 Å². The van der Waals surface area contributed by atoms with Crippen LogP contribution in [0.25, 0.3) is 0 Å². The van der Waals surface area contributed by atoms with E-state index < -0.39 is 15.7 Å². The molecule has 1 heterocycles. The number of rotatable bonds is 8. The van der Waals surface area contributed by atoms with Crippen molar-refractivity contribution < 1.29 is 17.9 Å². The Morgan fingerprint density at radius 1 is 1.14 bits per heavy atom. The number of nitrogens with one attached hydrogen (secondary N) is 1. The Balaban J connectivity index is 1.75. The van der Waals surface area contributed by atoms with E-state index in [0.29, 0.717) is 28.5 Å². The summed E-state index contributed by atoms with van der Waals surface area (Å²) >= 11 is 6.83. The van der Waals surface area contributed by atoms with Crippen LogP contribution < -0.4 is 10.1 Å². The lowest BCUT2D eigenvalue weighted by Crippen LogP contribution is -2.13. The number of hydrogen-bond acceptors (Lipinski definition) is 7. The number of para-hydroxylation sites is 1. The average molecular weight is 452 g/mol. The van der Waals surface area contributed by atoms with Crippen LogP contribution >= 0.6 is 22.9 Å². The van der Waals surface area contributed by atoms with Crippen LogP contribution in [0.4, 0.5) is 5.13 Å². The van der Waals surface area contributed by atoms with Crippen LogP contribution in [0.2, 0.25) is 5.02 Å². The van der Waals surface area contributed by atoms with E-state index >= 15 is 0 Å². The van der Waals surface area contributed by atoms with Crippen molar-refractivity contribution in [2.75, 3.05) is 11.9 Å². The second-order valence-electron chi connectivity index (χ2n) is 6.02. The largest absolute Gasteiger partial charge is 0.493 e. The van der Waals surface area contributed by atoms with E-state index in [-0.39, 0.29) is 15.2 Å². The molecule has 29 heavy (non-hydrogen) atoms. The second-order valence-corrected chi connectivity index (χ2v) is 9.57. The van der Waals surface area contributed by atoms with E-state index in [0.717, 1.165) is 17.8 Å². The second kappa shape index (κ2) is 9.34. The quantitative estimate of drug-likeness (QED) is 0.515.